The first-order valence-corrected chi connectivity index (χ1v) is 0.200. The molecule has 12 heavy (non-hydrogen) atoms. The Balaban J connectivity index is -0.0000000000549. The Morgan fingerprint density at radius 2 is 0.417 bits per heavy atom. The molecule has 0 saturated heterocycles. The van der Waals surface area contributed by atoms with Gasteiger partial charge in [-0.25, -0.2) is 0 Å². The molecule has 0 aliphatic heterocycles. The van der Waals surface area contributed by atoms with Gasteiger partial charge < -0.3 is 49.5 Å². The molecule has 10 nitrogen and oxygen atoms in total. The summed E-state index contributed by atoms with van der Waals surface area (Å²) in [6.07, 6.45) is 0. The molecular weight excluding hydrogens is 435 g/mol. The van der Waals surface area contributed by atoms with Crippen LogP contribution in [0.3, 0.4) is 0 Å². The van der Waals surface area contributed by atoms with Crippen LogP contribution in [0, 0.1) is 0 Å². The zero-order valence-electron chi connectivity index (χ0n) is 10.3. The molecule has 0 unspecified atom stereocenters. The van der Waals surface area contributed by atoms with Crippen molar-refractivity contribution in [3.05, 3.63) is 0 Å². The van der Waals surface area contributed by atoms with E-state index in [4.69, 9.17) is 10.5 Å². The first kappa shape index (κ1) is 199. The van der Waals surface area contributed by atoms with Gasteiger partial charge in [0.2, 0.25) is 0 Å². The minimum atomic E-state index is 0. The molecular formula is H22Ba2O10. The summed E-state index contributed by atoms with van der Waals surface area (Å²) >= 11 is 0. The first-order chi connectivity index (χ1) is 1.00. The molecule has 0 heterocycles. The van der Waals surface area contributed by atoms with Crippen molar-refractivity contribution in [3.63, 3.8) is 0 Å². The third-order valence-corrected chi connectivity index (χ3v) is 0. The Hall–Kier alpha value is 2.74. The fourth-order valence-electron chi connectivity index (χ4n) is 0. The summed E-state index contributed by atoms with van der Waals surface area (Å²) < 4.78 is 0. The third-order valence-electron chi connectivity index (χ3n) is 0. The summed E-state index contributed by atoms with van der Waals surface area (Å²) in [6.45, 7) is 0. The second kappa shape index (κ2) is 297. The van der Waals surface area contributed by atoms with E-state index < -0.39 is 0 Å². The molecule has 0 radical (unpaired) electrons. The molecule has 0 bridgehead atoms. The van der Waals surface area contributed by atoms with Gasteiger partial charge in [-0.05, 0) is 0 Å². The molecule has 18 N–H and O–H groups in total. The first-order valence-electron chi connectivity index (χ1n) is 0.200. The summed E-state index contributed by atoms with van der Waals surface area (Å²) in [7, 11) is 0. The van der Waals surface area contributed by atoms with Crippen LogP contribution in [0.5, 0.6) is 0 Å². The van der Waals surface area contributed by atoms with Crippen molar-refractivity contribution >= 4 is 97.8 Å². The van der Waals surface area contributed by atoms with Crippen molar-refractivity contribution in [1.29, 1.82) is 0 Å². The Morgan fingerprint density at radius 1 is 0.417 bits per heavy atom. The topological polar surface area (TPSA) is 292 Å². The fourth-order valence-corrected chi connectivity index (χ4v) is 0. The summed E-state index contributed by atoms with van der Waals surface area (Å²) in [5.74, 6) is 0. The Morgan fingerprint density at radius 3 is 0.417 bits per heavy atom. The Labute approximate surface area is 155 Å². The van der Waals surface area contributed by atoms with E-state index in [1.165, 1.54) is 0 Å². The van der Waals surface area contributed by atoms with E-state index >= 15 is 0 Å². The van der Waals surface area contributed by atoms with Crippen molar-refractivity contribution < 1.29 is 60.0 Å². The molecule has 86 valence electrons. The number of rotatable bonds is 0. The summed E-state index contributed by atoms with van der Waals surface area (Å²) in [6, 6.07) is 0. The summed E-state index contributed by atoms with van der Waals surface area (Å²) in [5.41, 5.74) is 0. The fraction of sp³-hybridized carbons (Fsp3) is 0. The van der Waals surface area contributed by atoms with E-state index in [-0.39, 0.29) is 147 Å². The van der Waals surface area contributed by atoms with Crippen LogP contribution in [0.15, 0.2) is 0 Å². The molecule has 12 heteroatoms. The van der Waals surface area contributed by atoms with Crippen LogP contribution >= 0.6 is 0 Å². The minimum absolute atomic E-state index is 0. The smallest absolute Gasteiger partial charge is 1.00 e. The van der Waals surface area contributed by atoms with Crippen molar-refractivity contribution in [3.8, 4) is 0 Å². The van der Waals surface area contributed by atoms with Gasteiger partial charge in [-0.15, -0.1) is 0 Å². The van der Waals surface area contributed by atoms with Crippen LogP contribution in [-0.4, -0.2) is 152 Å². The van der Waals surface area contributed by atoms with Crippen molar-refractivity contribution in [1.82, 2.24) is 0 Å². The van der Waals surface area contributed by atoms with E-state index in [0.29, 0.717) is 0 Å². The van der Waals surface area contributed by atoms with Crippen LogP contribution in [0.2, 0.25) is 0 Å². The van der Waals surface area contributed by atoms with Crippen LogP contribution in [0.1, 0.15) is 5.71 Å². The zero-order valence-corrected chi connectivity index (χ0v) is 15.2. The van der Waals surface area contributed by atoms with Gasteiger partial charge in [0.05, 0.1) is 0 Å². The zero-order chi connectivity index (χ0) is 2.00. The van der Waals surface area contributed by atoms with Gasteiger partial charge in [0, 0.05) is 0 Å². The van der Waals surface area contributed by atoms with Gasteiger partial charge >= 0.3 is 97.8 Å². The minimum Gasteiger partial charge on any atom is -1.00 e. The Bertz CT molecular complexity index is 20.8. The Kier molecular flexibility index (Phi) is 4910. The second-order valence-electron chi connectivity index (χ2n) is 0. The molecule has 0 aromatic carbocycles. The molecule has 0 amide bonds. The van der Waals surface area contributed by atoms with Crippen molar-refractivity contribution in [2.24, 2.45) is 0 Å². The molecule has 0 fully saturated rings. The van der Waals surface area contributed by atoms with E-state index in [9.17, 15) is 0 Å². The average molecular weight is 457 g/mol. The molecule has 0 saturated carbocycles. The predicted octanol–water partition coefficient (Wildman–Crippen LogP) is -6.89. The average Bonchev–Trinajstić information content (AvgIpc) is 1.00. The molecule has 0 spiro atoms. The van der Waals surface area contributed by atoms with Crippen LogP contribution in [-0.2, 0) is 0 Å². The van der Waals surface area contributed by atoms with Gasteiger partial charge in [-0.3, -0.25) is 10.5 Å². The van der Waals surface area contributed by atoms with Crippen LogP contribution in [0.4, 0.5) is 0 Å². The number of hydrogen-bond donors (Lipinski definition) is 2. The normalized spacial score (nSPS) is 0.500. The molecule has 0 aromatic rings. The van der Waals surface area contributed by atoms with Gasteiger partial charge in [0.25, 0.3) is 0 Å². The van der Waals surface area contributed by atoms with E-state index in [2.05, 4.69) is 0 Å². The molecule has 0 atom stereocenters. The van der Waals surface area contributed by atoms with Gasteiger partial charge in [0.15, 0.2) is 0 Å². The molecule has 0 aliphatic rings. The van der Waals surface area contributed by atoms with E-state index in [0.717, 1.165) is 0 Å². The maximum atomic E-state index is 6.00. The molecule has 0 aromatic heterocycles. The third kappa shape index (κ3) is 234. The second-order valence-corrected chi connectivity index (χ2v) is 0. The summed E-state index contributed by atoms with van der Waals surface area (Å²) in [5, 5.41) is 12.0. The van der Waals surface area contributed by atoms with Gasteiger partial charge in [0.1, 0.15) is 0 Å². The molecule has 0 aliphatic carbocycles. The largest absolute Gasteiger partial charge is 2.00 e. The van der Waals surface area contributed by atoms with Crippen molar-refractivity contribution in [2.75, 3.05) is 0 Å². The maximum Gasteiger partial charge on any atom is 2.00 e. The number of hydrogen-bond acceptors (Lipinski definition) is 2. The summed E-state index contributed by atoms with van der Waals surface area (Å²) in [4.78, 5) is 0. The predicted molar refractivity (Wildman–Crippen MR) is 50.1 cm³/mol. The monoisotopic (exact) mass is 458 g/mol. The van der Waals surface area contributed by atoms with E-state index in [1.54, 1.807) is 0 Å². The van der Waals surface area contributed by atoms with E-state index in [1.807, 2.05) is 0 Å². The van der Waals surface area contributed by atoms with Gasteiger partial charge in [-0.1, -0.05) is 0 Å². The van der Waals surface area contributed by atoms with Crippen LogP contribution < -0.4 is 0 Å². The van der Waals surface area contributed by atoms with Gasteiger partial charge in [-0.2, -0.15) is 0 Å². The quantitative estimate of drug-likeness (QED) is 0.204. The van der Waals surface area contributed by atoms with Crippen LogP contribution in [0.25, 0.3) is 0 Å². The standard InChI is InChI=1S/2Ba.H2O2.8H2O.4H/c;;1-2;;;;;;;;;;;;/h;;1-2H;8*1H2;;;;/q2*+2;;;;;;;;;;4*-1. The van der Waals surface area contributed by atoms with Crippen molar-refractivity contribution in [2.45, 2.75) is 0 Å². The SMILES string of the molecule is O.O.O.O.O.O.O.O.OO.[Ba+2].[Ba+2].[H-].[H-].[H-].[H-]. The molecule has 0 rings (SSSR count). The maximum absolute atomic E-state index is 6.00.